The summed E-state index contributed by atoms with van der Waals surface area (Å²) in [7, 11) is 1.67. The van der Waals surface area contributed by atoms with Gasteiger partial charge in [-0.1, -0.05) is 30.3 Å². The van der Waals surface area contributed by atoms with Crippen LogP contribution >= 0.6 is 11.3 Å². The molecule has 26 heavy (non-hydrogen) atoms. The van der Waals surface area contributed by atoms with E-state index in [0.717, 1.165) is 34.1 Å². The Hall–Kier alpha value is -2.57. The lowest BCUT2D eigenvalue weighted by molar-refractivity contribution is 0.0869. The molecular weight excluding hydrogens is 348 g/mol. The Morgan fingerprint density at radius 2 is 1.81 bits per heavy atom. The van der Waals surface area contributed by atoms with Crippen molar-refractivity contribution in [3.63, 3.8) is 0 Å². The minimum absolute atomic E-state index is 0.422. The van der Waals surface area contributed by atoms with E-state index in [9.17, 15) is 0 Å². The first-order chi connectivity index (χ1) is 12.7. The number of rotatable bonds is 9. The molecule has 0 aliphatic rings. The van der Waals surface area contributed by atoms with Crippen molar-refractivity contribution in [1.82, 2.24) is 4.98 Å². The van der Waals surface area contributed by atoms with Crippen molar-refractivity contribution in [1.29, 1.82) is 0 Å². The number of anilines is 1. The average molecular weight is 370 g/mol. The van der Waals surface area contributed by atoms with Crippen molar-refractivity contribution in [2.24, 2.45) is 0 Å². The number of para-hydroxylation sites is 1. The van der Waals surface area contributed by atoms with Crippen molar-refractivity contribution < 1.29 is 14.2 Å². The minimum Gasteiger partial charge on any atom is -0.497 e. The summed E-state index contributed by atoms with van der Waals surface area (Å²) in [6.07, 6.45) is 0.755. The number of ether oxygens (including phenoxy) is 3. The third-order valence-corrected chi connectivity index (χ3v) is 4.70. The third-order valence-electron chi connectivity index (χ3n) is 3.77. The molecule has 0 aliphatic carbocycles. The first kappa shape index (κ1) is 18.2. The lowest BCUT2D eigenvalue weighted by atomic mass is 10.1. The number of aromatic nitrogens is 1. The van der Waals surface area contributed by atoms with Gasteiger partial charge in [-0.2, -0.15) is 0 Å². The predicted octanol–water partition coefficient (Wildman–Crippen LogP) is 3.92. The molecule has 5 nitrogen and oxygen atoms in total. The molecule has 2 aromatic carbocycles. The van der Waals surface area contributed by atoms with Crippen LogP contribution in [0.15, 0.2) is 54.6 Å². The maximum absolute atomic E-state index is 5.90. The van der Waals surface area contributed by atoms with Gasteiger partial charge in [0, 0.05) is 11.3 Å². The summed E-state index contributed by atoms with van der Waals surface area (Å²) in [4.78, 5) is 5.52. The topological polar surface area (TPSA) is 66.6 Å². The van der Waals surface area contributed by atoms with Crippen LogP contribution in [0.1, 0.15) is 16.1 Å². The van der Waals surface area contributed by atoms with Gasteiger partial charge in [0.2, 0.25) is 0 Å². The van der Waals surface area contributed by atoms with Crippen molar-refractivity contribution in [3.05, 3.63) is 70.7 Å². The van der Waals surface area contributed by atoms with Crippen LogP contribution in [0.3, 0.4) is 0 Å². The van der Waals surface area contributed by atoms with E-state index < -0.39 is 0 Å². The summed E-state index contributed by atoms with van der Waals surface area (Å²) in [5.74, 6) is 1.68. The number of hydrogen-bond donors (Lipinski definition) is 1. The van der Waals surface area contributed by atoms with Gasteiger partial charge in [-0.25, -0.2) is 4.98 Å². The molecule has 1 aromatic heterocycles. The van der Waals surface area contributed by atoms with Gasteiger partial charge in [0.05, 0.1) is 26.0 Å². The fourth-order valence-electron chi connectivity index (χ4n) is 2.53. The fraction of sp³-hybridized carbons (Fsp3) is 0.250. The second-order valence-corrected chi connectivity index (χ2v) is 6.78. The molecule has 0 atom stereocenters. The number of thiazole rings is 1. The van der Waals surface area contributed by atoms with Gasteiger partial charge in [-0.05, 0) is 29.8 Å². The average Bonchev–Trinajstić information content (AvgIpc) is 3.01. The monoisotopic (exact) mass is 370 g/mol. The van der Waals surface area contributed by atoms with Gasteiger partial charge in [-0.3, -0.25) is 0 Å². The first-order valence-electron chi connectivity index (χ1n) is 8.37. The third kappa shape index (κ3) is 5.21. The zero-order chi connectivity index (χ0) is 18.2. The van der Waals surface area contributed by atoms with Crippen LogP contribution in [0.25, 0.3) is 0 Å². The van der Waals surface area contributed by atoms with Gasteiger partial charge in [0.25, 0.3) is 0 Å². The Bertz CT molecular complexity index is 821. The number of benzene rings is 2. The van der Waals surface area contributed by atoms with E-state index in [0.29, 0.717) is 25.0 Å². The quantitative estimate of drug-likeness (QED) is 0.578. The summed E-state index contributed by atoms with van der Waals surface area (Å²) in [5, 5.41) is 0.557. The Labute approximate surface area is 157 Å². The van der Waals surface area contributed by atoms with E-state index in [4.69, 9.17) is 19.9 Å². The lowest BCUT2D eigenvalue weighted by Gasteiger charge is -2.07. The summed E-state index contributed by atoms with van der Waals surface area (Å²) in [6, 6.07) is 17.7. The van der Waals surface area contributed by atoms with E-state index in [-0.39, 0.29) is 0 Å². The van der Waals surface area contributed by atoms with Crippen molar-refractivity contribution in [2.75, 3.05) is 26.1 Å². The van der Waals surface area contributed by atoms with Gasteiger partial charge < -0.3 is 19.9 Å². The molecule has 1 heterocycles. The number of nitrogens with two attached hydrogens (primary N) is 1. The summed E-state index contributed by atoms with van der Waals surface area (Å²) >= 11 is 1.50. The maximum atomic E-state index is 5.90. The number of nitrogens with zero attached hydrogens (tertiary/aromatic N) is 1. The Kier molecular flexibility index (Phi) is 6.46. The fourth-order valence-corrected chi connectivity index (χ4v) is 3.40. The molecule has 0 fully saturated rings. The number of hydrogen-bond acceptors (Lipinski definition) is 6. The summed E-state index contributed by atoms with van der Waals surface area (Å²) < 4.78 is 16.6. The molecule has 3 rings (SSSR count). The molecule has 2 N–H and O–H groups in total. The Balaban J connectivity index is 1.52. The largest absolute Gasteiger partial charge is 0.497 e. The molecule has 0 saturated heterocycles. The van der Waals surface area contributed by atoms with Crippen LogP contribution < -0.4 is 15.2 Å². The van der Waals surface area contributed by atoms with Crippen molar-refractivity contribution >= 4 is 16.5 Å². The van der Waals surface area contributed by atoms with Crippen LogP contribution in [0, 0.1) is 0 Å². The molecule has 3 aromatic rings. The summed E-state index contributed by atoms with van der Waals surface area (Å²) in [6.45, 7) is 1.41. The highest BCUT2D eigenvalue weighted by atomic mass is 32.1. The maximum Gasteiger partial charge on any atom is 0.180 e. The van der Waals surface area contributed by atoms with E-state index in [1.54, 1.807) is 7.11 Å². The van der Waals surface area contributed by atoms with Crippen molar-refractivity contribution in [3.8, 4) is 11.5 Å². The molecule has 0 unspecified atom stereocenters. The molecule has 0 bridgehead atoms. The molecular formula is C20H22N2O3S. The van der Waals surface area contributed by atoms with Gasteiger partial charge in [0.1, 0.15) is 18.1 Å². The van der Waals surface area contributed by atoms with Gasteiger partial charge in [-0.15, -0.1) is 11.3 Å². The molecule has 0 amide bonds. The molecule has 0 radical (unpaired) electrons. The molecule has 136 valence electrons. The number of nitrogen functional groups attached to an aromatic ring is 1. The summed E-state index contributed by atoms with van der Waals surface area (Å²) in [5.41, 5.74) is 7.94. The highest BCUT2D eigenvalue weighted by Gasteiger charge is 2.11. The first-order valence-corrected chi connectivity index (χ1v) is 9.19. The van der Waals surface area contributed by atoms with Gasteiger partial charge in [0.15, 0.2) is 5.13 Å². The molecule has 0 spiro atoms. The van der Waals surface area contributed by atoms with Crippen LogP contribution in [0.5, 0.6) is 11.5 Å². The van der Waals surface area contributed by atoms with E-state index >= 15 is 0 Å². The SMILES string of the molecule is COc1cccc(Cc2sc(N)nc2COCCOc2ccccc2)c1. The highest BCUT2D eigenvalue weighted by Crippen LogP contribution is 2.25. The standard InChI is InChI=1S/C20H22N2O3S/c1-23-17-9-5-6-15(12-17)13-19-18(22-20(21)26-19)14-24-10-11-25-16-7-3-2-4-8-16/h2-9,12H,10-11,13-14H2,1H3,(H2,21,22). The van der Waals surface area contributed by atoms with Crippen LogP contribution in [0.2, 0.25) is 0 Å². The normalized spacial score (nSPS) is 10.7. The zero-order valence-electron chi connectivity index (χ0n) is 14.7. The lowest BCUT2D eigenvalue weighted by Crippen LogP contribution is -2.07. The molecule has 0 aliphatic heterocycles. The highest BCUT2D eigenvalue weighted by molar-refractivity contribution is 7.15. The molecule has 6 heteroatoms. The second-order valence-electron chi connectivity index (χ2n) is 5.66. The van der Waals surface area contributed by atoms with Crippen LogP contribution in [-0.4, -0.2) is 25.3 Å². The Morgan fingerprint density at radius 3 is 2.62 bits per heavy atom. The van der Waals surface area contributed by atoms with Crippen LogP contribution in [0.4, 0.5) is 5.13 Å². The van der Waals surface area contributed by atoms with Gasteiger partial charge >= 0.3 is 0 Å². The van der Waals surface area contributed by atoms with Crippen LogP contribution in [-0.2, 0) is 17.8 Å². The van der Waals surface area contributed by atoms with E-state index in [2.05, 4.69) is 11.1 Å². The molecule has 0 saturated carbocycles. The van der Waals surface area contributed by atoms with E-state index in [1.807, 2.05) is 48.5 Å². The van der Waals surface area contributed by atoms with E-state index in [1.165, 1.54) is 11.3 Å². The minimum atomic E-state index is 0.422. The zero-order valence-corrected chi connectivity index (χ0v) is 15.5. The Morgan fingerprint density at radius 1 is 1.00 bits per heavy atom. The second kappa shape index (κ2) is 9.22. The predicted molar refractivity (Wildman–Crippen MR) is 104 cm³/mol. The number of methoxy groups -OCH3 is 1. The van der Waals surface area contributed by atoms with Crippen molar-refractivity contribution in [2.45, 2.75) is 13.0 Å². The smallest absolute Gasteiger partial charge is 0.180 e.